The number of ketones is 1. The molecule has 3 aromatic rings. The first kappa shape index (κ1) is 20.7. The van der Waals surface area contributed by atoms with Crippen LogP contribution in [0.2, 0.25) is 5.02 Å². The highest BCUT2D eigenvalue weighted by molar-refractivity contribution is 7.10. The maximum atomic E-state index is 13.0. The number of carbonyl (C=O) groups is 2. The Morgan fingerprint density at radius 2 is 2.00 bits per heavy atom. The number of nitrogens with zero attached hydrogens (tertiary/aromatic N) is 1. The van der Waals surface area contributed by atoms with Gasteiger partial charge in [0.1, 0.15) is 17.6 Å². The molecule has 1 atom stereocenters. The molecule has 0 aliphatic carbocycles. The number of halogens is 1. The number of amides is 1. The standard InChI is InChI=1S/C22H18ClNO4S2/c1-12-7-9-30-21(12)18-17(19(25)13-5-6-15(23)16(10-13)28-2)20(26)22(27)24(18)11-14-4-3-8-29-14/h3-10,18,25H,11H2,1-2H3/b19-17-. The van der Waals surface area contributed by atoms with E-state index in [-0.39, 0.29) is 11.3 Å². The van der Waals surface area contributed by atoms with E-state index in [1.165, 1.54) is 34.7 Å². The summed E-state index contributed by atoms with van der Waals surface area (Å²) in [5.74, 6) is -1.19. The second kappa shape index (κ2) is 8.26. The fourth-order valence-corrected chi connectivity index (χ4v) is 5.46. The molecule has 1 aliphatic rings. The second-order valence-corrected chi connectivity index (χ2v) is 9.21. The molecule has 0 bridgehead atoms. The Bertz CT molecular complexity index is 1150. The molecule has 154 valence electrons. The number of hydrogen-bond donors (Lipinski definition) is 1. The molecule has 0 radical (unpaired) electrons. The van der Waals surface area contributed by atoms with Crippen LogP contribution in [-0.4, -0.2) is 28.8 Å². The molecule has 1 aromatic carbocycles. The van der Waals surface area contributed by atoms with Crippen LogP contribution in [-0.2, 0) is 16.1 Å². The van der Waals surface area contributed by atoms with Gasteiger partial charge in [-0.2, -0.15) is 0 Å². The minimum atomic E-state index is -0.698. The van der Waals surface area contributed by atoms with Crippen molar-refractivity contribution in [3.8, 4) is 5.75 Å². The average Bonchev–Trinajstić information content (AvgIpc) is 3.45. The molecule has 2 aromatic heterocycles. The van der Waals surface area contributed by atoms with E-state index >= 15 is 0 Å². The molecule has 1 fully saturated rings. The molecule has 8 heteroatoms. The third-order valence-electron chi connectivity index (χ3n) is 5.02. The van der Waals surface area contributed by atoms with Crippen molar-refractivity contribution in [2.75, 3.05) is 7.11 Å². The molecule has 1 aliphatic heterocycles. The van der Waals surface area contributed by atoms with Crippen LogP contribution in [0.15, 0.2) is 52.7 Å². The monoisotopic (exact) mass is 459 g/mol. The largest absolute Gasteiger partial charge is 0.507 e. The summed E-state index contributed by atoms with van der Waals surface area (Å²) in [6.07, 6.45) is 0. The van der Waals surface area contributed by atoms with Gasteiger partial charge in [-0.15, -0.1) is 22.7 Å². The lowest BCUT2D eigenvalue weighted by Crippen LogP contribution is -2.28. The van der Waals surface area contributed by atoms with Gasteiger partial charge in [-0.1, -0.05) is 17.7 Å². The number of thiophene rings is 2. The summed E-state index contributed by atoms with van der Waals surface area (Å²) >= 11 is 9.07. The normalized spacial score (nSPS) is 18.2. The number of benzene rings is 1. The molecule has 1 amide bonds. The number of aliphatic hydroxyl groups excluding tert-OH is 1. The van der Waals surface area contributed by atoms with Gasteiger partial charge in [-0.25, -0.2) is 0 Å². The quantitative estimate of drug-likeness (QED) is 0.315. The van der Waals surface area contributed by atoms with Crippen molar-refractivity contribution in [1.82, 2.24) is 4.90 Å². The first-order chi connectivity index (χ1) is 14.4. The van der Waals surface area contributed by atoms with Gasteiger partial charge in [0.2, 0.25) is 0 Å². The maximum Gasteiger partial charge on any atom is 0.296 e. The number of hydrogen-bond acceptors (Lipinski definition) is 6. The molecule has 4 rings (SSSR count). The zero-order chi connectivity index (χ0) is 21.4. The SMILES string of the molecule is COc1cc(/C(O)=C2/C(=O)C(=O)N(Cc3cccs3)C2c2sccc2C)ccc1Cl. The van der Waals surface area contributed by atoms with Crippen LogP contribution in [0.3, 0.4) is 0 Å². The van der Waals surface area contributed by atoms with Crippen molar-refractivity contribution in [3.05, 3.63) is 78.6 Å². The number of ether oxygens (including phenoxy) is 1. The molecular weight excluding hydrogens is 442 g/mol. The van der Waals surface area contributed by atoms with Gasteiger partial charge >= 0.3 is 0 Å². The average molecular weight is 460 g/mol. The van der Waals surface area contributed by atoms with Gasteiger partial charge in [0.25, 0.3) is 11.7 Å². The minimum absolute atomic E-state index is 0.0754. The summed E-state index contributed by atoms with van der Waals surface area (Å²) in [5.41, 5.74) is 1.40. The van der Waals surface area contributed by atoms with Crippen LogP contribution in [0.1, 0.15) is 26.9 Å². The second-order valence-electron chi connectivity index (χ2n) is 6.82. The predicted molar refractivity (Wildman–Crippen MR) is 119 cm³/mol. The minimum Gasteiger partial charge on any atom is -0.507 e. The lowest BCUT2D eigenvalue weighted by Gasteiger charge is -2.24. The highest BCUT2D eigenvalue weighted by Crippen LogP contribution is 2.44. The zero-order valence-corrected chi connectivity index (χ0v) is 18.6. The summed E-state index contributed by atoms with van der Waals surface area (Å²) in [6.45, 7) is 2.23. The van der Waals surface area contributed by atoms with E-state index in [9.17, 15) is 14.7 Å². The van der Waals surface area contributed by atoms with E-state index in [0.29, 0.717) is 22.9 Å². The summed E-state index contributed by atoms with van der Waals surface area (Å²) in [4.78, 5) is 29.4. The summed E-state index contributed by atoms with van der Waals surface area (Å²) in [7, 11) is 1.47. The first-order valence-electron chi connectivity index (χ1n) is 9.11. The van der Waals surface area contributed by atoms with Gasteiger partial charge in [-0.3, -0.25) is 9.59 Å². The molecule has 1 N–H and O–H groups in total. The molecule has 0 spiro atoms. The van der Waals surface area contributed by atoms with Crippen molar-refractivity contribution < 1.29 is 19.4 Å². The fraction of sp³-hybridized carbons (Fsp3) is 0.182. The van der Waals surface area contributed by atoms with Crippen molar-refractivity contribution >= 4 is 51.7 Å². The number of aliphatic hydroxyl groups is 1. The van der Waals surface area contributed by atoms with Crippen LogP contribution in [0, 0.1) is 6.92 Å². The Hall–Kier alpha value is -2.61. The van der Waals surface area contributed by atoms with Gasteiger partial charge in [0.05, 0.1) is 24.3 Å². The molecule has 1 saturated heterocycles. The number of aryl methyl sites for hydroxylation is 1. The first-order valence-corrected chi connectivity index (χ1v) is 11.2. The summed E-state index contributed by atoms with van der Waals surface area (Å²) < 4.78 is 5.23. The van der Waals surface area contributed by atoms with E-state index in [0.717, 1.165) is 15.3 Å². The van der Waals surface area contributed by atoms with E-state index in [2.05, 4.69) is 0 Å². The van der Waals surface area contributed by atoms with Crippen molar-refractivity contribution in [3.63, 3.8) is 0 Å². The summed E-state index contributed by atoms with van der Waals surface area (Å²) in [5, 5.41) is 15.3. The Labute approximate surface area is 186 Å². The molecule has 0 saturated carbocycles. The van der Waals surface area contributed by atoms with Gasteiger partial charge in [0, 0.05) is 15.3 Å². The van der Waals surface area contributed by atoms with Crippen LogP contribution >= 0.6 is 34.3 Å². The van der Waals surface area contributed by atoms with E-state index < -0.39 is 17.7 Å². The number of rotatable bonds is 5. The molecule has 3 heterocycles. The van der Waals surface area contributed by atoms with E-state index in [1.807, 2.05) is 35.9 Å². The number of Topliss-reactive ketones (excluding diaryl/α,β-unsaturated/α-hetero) is 1. The zero-order valence-electron chi connectivity index (χ0n) is 16.2. The van der Waals surface area contributed by atoms with Gasteiger partial charge < -0.3 is 14.7 Å². The smallest absolute Gasteiger partial charge is 0.296 e. The number of likely N-dealkylation sites (tertiary alicyclic amines) is 1. The number of carbonyl (C=O) groups excluding carboxylic acids is 2. The van der Waals surface area contributed by atoms with Gasteiger partial charge in [-0.05, 0) is 53.6 Å². The van der Waals surface area contributed by atoms with Crippen molar-refractivity contribution in [2.45, 2.75) is 19.5 Å². The maximum absolute atomic E-state index is 13.0. The Morgan fingerprint density at radius 1 is 1.20 bits per heavy atom. The highest BCUT2D eigenvalue weighted by atomic mass is 35.5. The molecular formula is C22H18ClNO4S2. The molecule has 30 heavy (non-hydrogen) atoms. The van der Waals surface area contributed by atoms with E-state index in [1.54, 1.807) is 18.2 Å². The Kier molecular flexibility index (Phi) is 5.69. The molecule has 5 nitrogen and oxygen atoms in total. The summed E-state index contributed by atoms with van der Waals surface area (Å²) in [6, 6.07) is 9.86. The van der Waals surface area contributed by atoms with Crippen molar-refractivity contribution in [1.29, 1.82) is 0 Å². The van der Waals surface area contributed by atoms with E-state index in [4.69, 9.17) is 16.3 Å². The molecule has 1 unspecified atom stereocenters. The van der Waals surface area contributed by atoms with Crippen LogP contribution < -0.4 is 4.74 Å². The lowest BCUT2D eigenvalue weighted by molar-refractivity contribution is -0.140. The van der Waals surface area contributed by atoms with Crippen LogP contribution in [0.4, 0.5) is 0 Å². The van der Waals surface area contributed by atoms with Crippen LogP contribution in [0.5, 0.6) is 5.75 Å². The Balaban J connectivity index is 1.88. The van der Waals surface area contributed by atoms with Crippen molar-refractivity contribution in [2.24, 2.45) is 0 Å². The Morgan fingerprint density at radius 3 is 2.63 bits per heavy atom. The highest BCUT2D eigenvalue weighted by Gasteiger charge is 2.47. The lowest BCUT2D eigenvalue weighted by atomic mass is 9.98. The van der Waals surface area contributed by atoms with Crippen LogP contribution in [0.25, 0.3) is 5.76 Å². The predicted octanol–water partition coefficient (Wildman–Crippen LogP) is 5.40. The third-order valence-corrected chi connectivity index (χ3v) is 7.27. The third kappa shape index (κ3) is 3.53. The van der Waals surface area contributed by atoms with Gasteiger partial charge in [0.15, 0.2) is 0 Å². The number of methoxy groups -OCH3 is 1. The topological polar surface area (TPSA) is 66.8 Å². The fourth-order valence-electron chi connectivity index (χ4n) is 3.51.